The molecule has 0 atom stereocenters. The van der Waals surface area contributed by atoms with Crippen LogP contribution in [0.4, 0.5) is 0 Å². The monoisotopic (exact) mass is 328 g/mol. The first kappa shape index (κ1) is 17.9. The Hall–Kier alpha value is -2.40. The van der Waals surface area contributed by atoms with Crippen molar-refractivity contribution in [2.45, 2.75) is 33.9 Å². The molecule has 128 valence electrons. The maximum atomic E-state index is 12.1. The van der Waals surface area contributed by atoms with E-state index in [-0.39, 0.29) is 11.7 Å². The highest BCUT2D eigenvalue weighted by atomic mass is 16.2. The quantitative estimate of drug-likeness (QED) is 0.644. The molecule has 3 N–H and O–H groups in total. The van der Waals surface area contributed by atoms with Crippen LogP contribution in [-0.2, 0) is 13.1 Å². The average Bonchev–Trinajstić information content (AvgIpc) is 3.09. The van der Waals surface area contributed by atoms with Crippen molar-refractivity contribution in [3.63, 3.8) is 0 Å². The van der Waals surface area contributed by atoms with Gasteiger partial charge in [0.1, 0.15) is 12.2 Å². The summed E-state index contributed by atoms with van der Waals surface area (Å²) in [7, 11) is 0. The molecule has 2 aromatic rings. The Morgan fingerprint density at radius 3 is 2.25 bits per heavy atom. The molecule has 1 aromatic heterocycles. The number of aromatic amines is 1. The maximum absolute atomic E-state index is 12.1. The number of hydrogen-bond donors (Lipinski definition) is 3. The molecule has 5 heteroatoms. The van der Waals surface area contributed by atoms with Crippen molar-refractivity contribution in [3.05, 3.63) is 58.9 Å². The number of Topliss-reactive ketones (excluding diaryl/α,β-unsaturated/α-hetero) is 1. The zero-order valence-corrected chi connectivity index (χ0v) is 14.6. The average molecular weight is 328 g/mol. The molecule has 0 aliphatic carbocycles. The summed E-state index contributed by atoms with van der Waals surface area (Å²) in [6.07, 6.45) is 1.56. The minimum atomic E-state index is -0.209. The molecule has 0 unspecified atom stereocenters. The summed E-state index contributed by atoms with van der Waals surface area (Å²) < 4.78 is 0. The third kappa shape index (κ3) is 4.80. The van der Waals surface area contributed by atoms with Crippen molar-refractivity contribution >= 4 is 11.7 Å². The van der Waals surface area contributed by atoms with E-state index in [1.165, 1.54) is 12.5 Å². The summed E-state index contributed by atoms with van der Waals surface area (Å²) in [4.78, 5) is 27.7. The second-order valence-corrected chi connectivity index (χ2v) is 5.99. The first-order chi connectivity index (χ1) is 11.5. The van der Waals surface area contributed by atoms with Crippen LogP contribution in [0.3, 0.4) is 0 Å². The lowest BCUT2D eigenvalue weighted by Gasteiger charge is -2.15. The standard InChI is InChI=1S/C19H25N3O2/c1-4-22(5-2)13-16-8-6-15(7-9-16)11-21-19(24)18-10-17(12-20-18)14(3)23/h6-10,12,20H,4-5,11,13H2,1-3H3,(H,21,24)/p+1. The number of hydrogen-bond acceptors (Lipinski definition) is 2. The van der Waals surface area contributed by atoms with E-state index in [4.69, 9.17) is 0 Å². The zero-order valence-electron chi connectivity index (χ0n) is 14.6. The predicted molar refractivity (Wildman–Crippen MR) is 94.2 cm³/mol. The summed E-state index contributed by atoms with van der Waals surface area (Å²) in [6.45, 7) is 9.59. The Balaban J connectivity index is 1.89. The van der Waals surface area contributed by atoms with E-state index >= 15 is 0 Å². The van der Waals surface area contributed by atoms with E-state index < -0.39 is 0 Å². The summed E-state index contributed by atoms with van der Waals surface area (Å²) in [5.74, 6) is -0.268. The molecule has 0 bridgehead atoms. The van der Waals surface area contributed by atoms with E-state index in [0.29, 0.717) is 17.8 Å². The molecule has 1 heterocycles. The van der Waals surface area contributed by atoms with Gasteiger partial charge < -0.3 is 15.2 Å². The van der Waals surface area contributed by atoms with Crippen LogP contribution in [0.25, 0.3) is 0 Å². The number of nitrogens with one attached hydrogen (secondary N) is 3. The second kappa shape index (κ2) is 8.45. The predicted octanol–water partition coefficient (Wildman–Crippen LogP) is 1.57. The van der Waals surface area contributed by atoms with E-state index in [1.54, 1.807) is 17.2 Å². The van der Waals surface area contributed by atoms with Crippen molar-refractivity contribution in [2.24, 2.45) is 0 Å². The number of H-pyrrole nitrogens is 1. The normalized spacial score (nSPS) is 10.8. The van der Waals surface area contributed by atoms with Gasteiger partial charge in [0.05, 0.1) is 13.1 Å². The molecular formula is C19H26N3O2+. The summed E-state index contributed by atoms with van der Waals surface area (Å²) >= 11 is 0. The Bertz CT molecular complexity index is 685. The molecule has 2 rings (SSSR count). The molecule has 0 spiro atoms. The van der Waals surface area contributed by atoms with Gasteiger partial charge in [-0.3, -0.25) is 9.59 Å². The number of ketones is 1. The van der Waals surface area contributed by atoms with Gasteiger partial charge in [0.15, 0.2) is 5.78 Å². The number of amides is 1. The SMILES string of the molecule is CC[NH+](CC)Cc1ccc(CNC(=O)c2cc(C(C)=O)c[nH]2)cc1. The zero-order chi connectivity index (χ0) is 17.5. The van der Waals surface area contributed by atoms with Crippen molar-refractivity contribution < 1.29 is 14.5 Å². The van der Waals surface area contributed by atoms with Crippen LogP contribution in [-0.4, -0.2) is 29.8 Å². The van der Waals surface area contributed by atoms with Crippen LogP contribution in [0.2, 0.25) is 0 Å². The van der Waals surface area contributed by atoms with Crippen LogP contribution in [0.1, 0.15) is 52.7 Å². The molecule has 5 nitrogen and oxygen atoms in total. The number of benzene rings is 1. The first-order valence-electron chi connectivity index (χ1n) is 8.42. The van der Waals surface area contributed by atoms with Gasteiger partial charge in [0.25, 0.3) is 5.91 Å². The van der Waals surface area contributed by atoms with Crippen LogP contribution >= 0.6 is 0 Å². The van der Waals surface area contributed by atoms with Crippen molar-refractivity contribution in [3.8, 4) is 0 Å². The van der Waals surface area contributed by atoms with Crippen molar-refractivity contribution in [2.75, 3.05) is 13.1 Å². The number of quaternary nitrogens is 1. The Morgan fingerprint density at radius 2 is 1.71 bits per heavy atom. The van der Waals surface area contributed by atoms with Gasteiger partial charge in [-0.25, -0.2) is 0 Å². The third-order valence-electron chi connectivity index (χ3n) is 4.26. The van der Waals surface area contributed by atoms with Gasteiger partial charge >= 0.3 is 0 Å². The van der Waals surface area contributed by atoms with Crippen LogP contribution in [0, 0.1) is 0 Å². The highest BCUT2D eigenvalue weighted by molar-refractivity contribution is 5.99. The fraction of sp³-hybridized carbons (Fsp3) is 0.368. The molecule has 1 aromatic carbocycles. The van der Waals surface area contributed by atoms with Gasteiger partial charge in [0, 0.05) is 23.9 Å². The number of carbonyl (C=O) groups excluding carboxylic acids is 2. The molecule has 1 amide bonds. The highest BCUT2D eigenvalue weighted by Crippen LogP contribution is 2.06. The van der Waals surface area contributed by atoms with Crippen LogP contribution < -0.4 is 10.2 Å². The number of aromatic nitrogens is 1. The lowest BCUT2D eigenvalue weighted by Crippen LogP contribution is -3.10. The van der Waals surface area contributed by atoms with E-state index in [1.807, 2.05) is 12.1 Å². The molecule has 0 aliphatic rings. The van der Waals surface area contributed by atoms with Crippen molar-refractivity contribution in [1.29, 1.82) is 0 Å². The third-order valence-corrected chi connectivity index (χ3v) is 4.26. The second-order valence-electron chi connectivity index (χ2n) is 5.99. The Morgan fingerprint density at radius 1 is 1.08 bits per heavy atom. The fourth-order valence-electron chi connectivity index (χ4n) is 2.57. The van der Waals surface area contributed by atoms with Crippen LogP contribution in [0.15, 0.2) is 36.5 Å². The molecule has 0 fully saturated rings. The molecule has 0 aliphatic heterocycles. The molecule has 24 heavy (non-hydrogen) atoms. The van der Waals surface area contributed by atoms with E-state index in [9.17, 15) is 9.59 Å². The van der Waals surface area contributed by atoms with Gasteiger partial charge in [-0.05, 0) is 32.4 Å². The Labute approximate surface area is 143 Å². The number of rotatable bonds is 8. The largest absolute Gasteiger partial charge is 0.356 e. The molecule has 0 saturated heterocycles. The van der Waals surface area contributed by atoms with Crippen LogP contribution in [0.5, 0.6) is 0 Å². The molecule has 0 radical (unpaired) electrons. The fourth-order valence-corrected chi connectivity index (χ4v) is 2.57. The molecule has 0 saturated carbocycles. The number of carbonyl (C=O) groups is 2. The topological polar surface area (TPSA) is 66.4 Å². The lowest BCUT2D eigenvalue weighted by atomic mass is 10.1. The van der Waals surface area contributed by atoms with Crippen molar-refractivity contribution in [1.82, 2.24) is 10.3 Å². The Kier molecular flexibility index (Phi) is 6.32. The lowest BCUT2D eigenvalue weighted by molar-refractivity contribution is -0.910. The minimum Gasteiger partial charge on any atom is -0.356 e. The smallest absolute Gasteiger partial charge is 0.267 e. The summed E-state index contributed by atoms with van der Waals surface area (Å²) in [5.41, 5.74) is 3.28. The van der Waals surface area contributed by atoms with Gasteiger partial charge in [-0.15, -0.1) is 0 Å². The van der Waals surface area contributed by atoms with Gasteiger partial charge in [-0.2, -0.15) is 0 Å². The molecular weight excluding hydrogens is 302 g/mol. The van der Waals surface area contributed by atoms with E-state index in [2.05, 4.69) is 36.3 Å². The highest BCUT2D eigenvalue weighted by Gasteiger charge is 2.10. The van der Waals surface area contributed by atoms with E-state index in [0.717, 1.165) is 25.2 Å². The minimum absolute atomic E-state index is 0.0591. The summed E-state index contributed by atoms with van der Waals surface area (Å²) in [5, 5.41) is 2.86. The van der Waals surface area contributed by atoms with Gasteiger partial charge in [-0.1, -0.05) is 24.3 Å². The first-order valence-corrected chi connectivity index (χ1v) is 8.42. The maximum Gasteiger partial charge on any atom is 0.267 e. The van der Waals surface area contributed by atoms with Gasteiger partial charge in [0.2, 0.25) is 0 Å². The summed E-state index contributed by atoms with van der Waals surface area (Å²) in [6, 6.07) is 9.92.